The lowest BCUT2D eigenvalue weighted by Crippen LogP contribution is -2.12. The van der Waals surface area contributed by atoms with Crippen LogP contribution in [0.25, 0.3) is 21.9 Å². The third-order valence-corrected chi connectivity index (χ3v) is 4.79. The first kappa shape index (κ1) is 16.5. The van der Waals surface area contributed by atoms with Crippen molar-refractivity contribution in [2.45, 2.75) is 6.92 Å². The minimum atomic E-state index is -0.226. The second-order valence-electron chi connectivity index (χ2n) is 6.05. The fraction of sp³-hybridized carbons (Fsp3) is 0.0476. The van der Waals surface area contributed by atoms with Crippen molar-refractivity contribution < 1.29 is 9.21 Å². The molecule has 0 aliphatic heterocycles. The first-order chi connectivity index (χ1) is 12.5. The quantitative estimate of drug-likeness (QED) is 0.460. The SMILES string of the molecule is Cc1cccc2c(=O)c3ccc(NC(=O)c4ccc(Br)cc4)cc3oc12. The lowest BCUT2D eigenvalue weighted by molar-refractivity contribution is 0.102. The normalized spacial score (nSPS) is 11.0. The fourth-order valence-electron chi connectivity index (χ4n) is 2.90. The van der Waals surface area contributed by atoms with E-state index >= 15 is 0 Å². The van der Waals surface area contributed by atoms with Gasteiger partial charge >= 0.3 is 0 Å². The van der Waals surface area contributed by atoms with E-state index < -0.39 is 0 Å². The molecule has 0 bridgehead atoms. The molecule has 4 rings (SSSR count). The Kier molecular flexibility index (Phi) is 4.09. The fourth-order valence-corrected chi connectivity index (χ4v) is 3.16. The van der Waals surface area contributed by atoms with Crippen LogP contribution in [0.15, 0.2) is 74.3 Å². The van der Waals surface area contributed by atoms with Crippen LogP contribution in [0.5, 0.6) is 0 Å². The maximum atomic E-state index is 12.7. The predicted molar refractivity (Wildman–Crippen MR) is 107 cm³/mol. The van der Waals surface area contributed by atoms with Crippen molar-refractivity contribution in [3.8, 4) is 0 Å². The van der Waals surface area contributed by atoms with Gasteiger partial charge in [-0.2, -0.15) is 0 Å². The average Bonchev–Trinajstić information content (AvgIpc) is 2.63. The van der Waals surface area contributed by atoms with Crippen molar-refractivity contribution in [3.63, 3.8) is 0 Å². The molecule has 0 spiro atoms. The maximum Gasteiger partial charge on any atom is 0.255 e. The van der Waals surface area contributed by atoms with Gasteiger partial charge in [0.2, 0.25) is 5.43 Å². The Hall–Kier alpha value is -2.92. The summed E-state index contributed by atoms with van der Waals surface area (Å²) in [6.45, 7) is 1.90. The van der Waals surface area contributed by atoms with Crippen molar-refractivity contribution in [2.75, 3.05) is 5.32 Å². The summed E-state index contributed by atoms with van der Waals surface area (Å²) in [5.74, 6) is -0.226. The first-order valence-corrected chi connectivity index (χ1v) is 8.85. The standard InChI is InChI=1S/C21H14BrNO3/c1-12-3-2-4-17-19(24)16-10-9-15(11-18(16)26-20(12)17)23-21(25)13-5-7-14(22)8-6-13/h2-11H,1H3,(H,23,25). The number of rotatable bonds is 2. The van der Waals surface area contributed by atoms with Crippen LogP contribution >= 0.6 is 15.9 Å². The van der Waals surface area contributed by atoms with Crippen LogP contribution < -0.4 is 10.7 Å². The molecule has 4 nitrogen and oxygen atoms in total. The predicted octanol–water partition coefficient (Wildman–Crippen LogP) is 5.27. The second kappa shape index (κ2) is 6.42. The lowest BCUT2D eigenvalue weighted by Gasteiger charge is -2.08. The summed E-state index contributed by atoms with van der Waals surface area (Å²) < 4.78 is 6.85. The molecule has 5 heteroatoms. The molecule has 1 N–H and O–H groups in total. The van der Waals surface area contributed by atoms with E-state index in [1.54, 1.807) is 36.4 Å². The van der Waals surface area contributed by atoms with Crippen LogP contribution in [-0.2, 0) is 0 Å². The summed E-state index contributed by atoms with van der Waals surface area (Å²) >= 11 is 3.35. The number of aryl methyl sites for hydroxylation is 1. The Balaban J connectivity index is 1.76. The van der Waals surface area contributed by atoms with Gasteiger partial charge in [-0.15, -0.1) is 0 Å². The molecule has 1 aromatic heterocycles. The minimum absolute atomic E-state index is 0.0734. The number of halogens is 1. The smallest absolute Gasteiger partial charge is 0.255 e. The van der Waals surface area contributed by atoms with Gasteiger partial charge < -0.3 is 9.73 Å². The van der Waals surface area contributed by atoms with E-state index in [4.69, 9.17) is 4.42 Å². The van der Waals surface area contributed by atoms with E-state index in [-0.39, 0.29) is 11.3 Å². The molecular formula is C21H14BrNO3. The van der Waals surface area contributed by atoms with Crippen LogP contribution in [0.4, 0.5) is 5.69 Å². The molecule has 0 saturated carbocycles. The van der Waals surface area contributed by atoms with E-state index in [1.807, 2.05) is 31.2 Å². The van der Waals surface area contributed by atoms with E-state index in [0.717, 1.165) is 10.0 Å². The highest BCUT2D eigenvalue weighted by atomic mass is 79.9. The maximum absolute atomic E-state index is 12.7. The number of hydrogen-bond donors (Lipinski definition) is 1. The lowest BCUT2D eigenvalue weighted by atomic mass is 10.1. The number of anilines is 1. The molecule has 0 fully saturated rings. The summed E-state index contributed by atoms with van der Waals surface area (Å²) in [5, 5.41) is 3.89. The summed E-state index contributed by atoms with van der Waals surface area (Å²) in [5.41, 5.74) is 2.96. The van der Waals surface area contributed by atoms with E-state index in [1.165, 1.54) is 0 Å². The summed E-state index contributed by atoms with van der Waals surface area (Å²) in [6, 6.07) is 17.7. The molecule has 1 heterocycles. The highest BCUT2D eigenvalue weighted by Gasteiger charge is 2.11. The average molecular weight is 408 g/mol. The Morgan fingerprint density at radius 2 is 1.77 bits per heavy atom. The van der Waals surface area contributed by atoms with Crippen LogP contribution in [0.1, 0.15) is 15.9 Å². The van der Waals surface area contributed by atoms with Gasteiger partial charge in [-0.3, -0.25) is 9.59 Å². The van der Waals surface area contributed by atoms with Crippen molar-refractivity contribution in [1.82, 2.24) is 0 Å². The summed E-state index contributed by atoms with van der Waals surface area (Å²) in [7, 11) is 0. The topological polar surface area (TPSA) is 59.3 Å². The number of amides is 1. The third kappa shape index (κ3) is 2.91. The van der Waals surface area contributed by atoms with Crippen molar-refractivity contribution in [2.24, 2.45) is 0 Å². The zero-order chi connectivity index (χ0) is 18.3. The summed E-state index contributed by atoms with van der Waals surface area (Å²) in [6.07, 6.45) is 0. The van der Waals surface area contributed by atoms with Crippen molar-refractivity contribution in [1.29, 1.82) is 0 Å². The number of benzene rings is 3. The number of para-hydroxylation sites is 1. The molecule has 3 aromatic carbocycles. The van der Waals surface area contributed by atoms with Crippen LogP contribution in [0.3, 0.4) is 0 Å². The molecule has 128 valence electrons. The molecule has 26 heavy (non-hydrogen) atoms. The molecule has 0 saturated heterocycles. The largest absolute Gasteiger partial charge is 0.455 e. The highest BCUT2D eigenvalue weighted by molar-refractivity contribution is 9.10. The number of carbonyl (C=O) groups excluding carboxylic acids is 1. The number of nitrogens with one attached hydrogen (secondary N) is 1. The van der Waals surface area contributed by atoms with Gasteiger partial charge in [-0.25, -0.2) is 0 Å². The molecule has 0 unspecified atom stereocenters. The Labute approximate surface area is 157 Å². The van der Waals surface area contributed by atoms with Gasteiger partial charge in [0.25, 0.3) is 5.91 Å². The summed E-state index contributed by atoms with van der Waals surface area (Å²) in [4.78, 5) is 25.1. The van der Waals surface area contributed by atoms with Crippen LogP contribution in [-0.4, -0.2) is 5.91 Å². The molecule has 4 aromatic rings. The van der Waals surface area contributed by atoms with Crippen molar-refractivity contribution >= 4 is 49.5 Å². The molecule has 1 amide bonds. The van der Waals surface area contributed by atoms with Gasteiger partial charge in [0, 0.05) is 21.8 Å². The number of fused-ring (bicyclic) bond motifs is 2. The Bertz CT molecular complexity index is 1210. The molecule has 0 radical (unpaired) electrons. The van der Waals surface area contributed by atoms with Crippen LogP contribution in [0.2, 0.25) is 0 Å². The molecule has 0 aliphatic carbocycles. The van der Waals surface area contributed by atoms with Gasteiger partial charge in [0.1, 0.15) is 11.2 Å². The number of carbonyl (C=O) groups is 1. The number of hydrogen-bond acceptors (Lipinski definition) is 3. The minimum Gasteiger partial charge on any atom is -0.455 e. The van der Waals surface area contributed by atoms with E-state index in [0.29, 0.717) is 33.2 Å². The monoisotopic (exact) mass is 407 g/mol. The zero-order valence-corrected chi connectivity index (χ0v) is 15.5. The molecule has 0 atom stereocenters. The second-order valence-corrected chi connectivity index (χ2v) is 6.97. The van der Waals surface area contributed by atoms with Gasteiger partial charge in [0.15, 0.2) is 0 Å². The van der Waals surface area contributed by atoms with E-state index in [9.17, 15) is 9.59 Å². The van der Waals surface area contributed by atoms with Crippen LogP contribution in [0, 0.1) is 6.92 Å². The third-order valence-electron chi connectivity index (χ3n) is 4.26. The Morgan fingerprint density at radius 1 is 1.00 bits per heavy atom. The molecule has 0 aliphatic rings. The van der Waals surface area contributed by atoms with Crippen molar-refractivity contribution in [3.05, 3.63) is 86.5 Å². The zero-order valence-electron chi connectivity index (χ0n) is 13.9. The Morgan fingerprint density at radius 3 is 2.54 bits per heavy atom. The van der Waals surface area contributed by atoms with Gasteiger partial charge in [0.05, 0.1) is 10.8 Å². The van der Waals surface area contributed by atoms with Gasteiger partial charge in [-0.1, -0.05) is 28.1 Å². The van der Waals surface area contributed by atoms with Gasteiger partial charge in [-0.05, 0) is 55.0 Å². The molecular weight excluding hydrogens is 394 g/mol. The highest BCUT2D eigenvalue weighted by Crippen LogP contribution is 2.24. The first-order valence-electron chi connectivity index (χ1n) is 8.06. The van der Waals surface area contributed by atoms with E-state index in [2.05, 4.69) is 21.2 Å².